The van der Waals surface area contributed by atoms with E-state index in [-0.39, 0.29) is 5.75 Å². The van der Waals surface area contributed by atoms with Crippen molar-refractivity contribution in [1.82, 2.24) is 5.16 Å². The quantitative estimate of drug-likeness (QED) is 0.660. The summed E-state index contributed by atoms with van der Waals surface area (Å²) in [4.78, 5) is 1.01. The second-order valence-electron chi connectivity index (χ2n) is 5.05. The van der Waals surface area contributed by atoms with Gasteiger partial charge in [0.25, 0.3) is 0 Å². The lowest BCUT2D eigenvalue weighted by atomic mass is 10.2. The van der Waals surface area contributed by atoms with Gasteiger partial charge < -0.3 is 4.52 Å². The van der Waals surface area contributed by atoms with E-state index in [0.717, 1.165) is 10.3 Å². The molecule has 5 nitrogen and oxygen atoms in total. The van der Waals surface area contributed by atoms with Gasteiger partial charge in [-0.25, -0.2) is 8.42 Å². The van der Waals surface area contributed by atoms with Crippen molar-refractivity contribution < 1.29 is 12.9 Å². The van der Waals surface area contributed by atoms with Crippen LogP contribution in [0.25, 0.3) is 11.0 Å². The van der Waals surface area contributed by atoms with Gasteiger partial charge in [-0.3, -0.25) is 4.31 Å². The van der Waals surface area contributed by atoms with Crippen LogP contribution in [0.3, 0.4) is 0 Å². The third kappa shape index (κ3) is 3.20. The number of aromatic nitrogens is 1. The summed E-state index contributed by atoms with van der Waals surface area (Å²) in [7, 11) is -2.00. The molecule has 0 N–H and O–H groups in total. The van der Waals surface area contributed by atoms with E-state index in [2.05, 4.69) is 5.16 Å². The largest absolute Gasteiger partial charge is 0.356 e. The van der Waals surface area contributed by atoms with Gasteiger partial charge in [-0.05, 0) is 36.6 Å². The first-order valence-electron chi connectivity index (χ1n) is 6.95. The Labute approximate surface area is 139 Å². The maximum atomic E-state index is 12.7. The Hall–Kier alpha value is -1.99. The van der Waals surface area contributed by atoms with Gasteiger partial charge >= 0.3 is 0 Å². The monoisotopic (exact) mass is 348 g/mol. The van der Waals surface area contributed by atoms with E-state index in [1.807, 2.05) is 42.7 Å². The highest BCUT2D eigenvalue weighted by Gasteiger charge is 2.22. The molecule has 0 bridgehead atoms. The minimum Gasteiger partial charge on any atom is -0.356 e. The standard InChI is InChI=1S/C16H16N2O3S2/c1-18(12-6-5-7-13(10-12)22-2)23(19,20)11-15-14-8-3-4-9-16(14)21-17-15/h3-10H,11H2,1-2H3. The molecule has 7 heteroatoms. The molecule has 0 saturated carbocycles. The van der Waals surface area contributed by atoms with Crippen LogP contribution < -0.4 is 4.31 Å². The van der Waals surface area contributed by atoms with Crippen molar-refractivity contribution in [2.75, 3.05) is 17.6 Å². The molecule has 120 valence electrons. The van der Waals surface area contributed by atoms with Gasteiger partial charge in [0.05, 0.1) is 5.69 Å². The second kappa shape index (κ2) is 6.25. The predicted octanol–water partition coefficient (Wildman–Crippen LogP) is 3.52. The first-order valence-corrected chi connectivity index (χ1v) is 9.78. The Balaban J connectivity index is 1.91. The first kappa shape index (κ1) is 15.9. The minimum atomic E-state index is -3.55. The molecule has 3 rings (SSSR count). The molecule has 0 aliphatic rings. The van der Waals surface area contributed by atoms with E-state index in [9.17, 15) is 8.42 Å². The molecule has 3 aromatic rings. The molecule has 0 saturated heterocycles. The summed E-state index contributed by atoms with van der Waals surface area (Å²) in [6.07, 6.45) is 1.95. The normalized spacial score (nSPS) is 11.7. The van der Waals surface area contributed by atoms with E-state index in [1.54, 1.807) is 30.9 Å². The van der Waals surface area contributed by atoms with Crippen molar-refractivity contribution in [3.05, 3.63) is 54.2 Å². The SMILES string of the molecule is CSc1cccc(N(C)S(=O)(=O)Cc2noc3ccccc23)c1. The van der Waals surface area contributed by atoms with Gasteiger partial charge in [-0.1, -0.05) is 23.4 Å². The number of hydrogen-bond donors (Lipinski definition) is 0. The summed E-state index contributed by atoms with van der Waals surface area (Å²) in [5.74, 6) is -0.204. The summed E-state index contributed by atoms with van der Waals surface area (Å²) >= 11 is 1.57. The number of para-hydroxylation sites is 1. The number of nitrogens with zero attached hydrogens (tertiary/aromatic N) is 2. The fraction of sp³-hybridized carbons (Fsp3) is 0.188. The van der Waals surface area contributed by atoms with Crippen molar-refractivity contribution in [2.24, 2.45) is 0 Å². The minimum absolute atomic E-state index is 0.204. The Bertz CT molecular complexity index is 935. The van der Waals surface area contributed by atoms with E-state index in [1.165, 1.54) is 4.31 Å². The highest BCUT2D eigenvalue weighted by molar-refractivity contribution is 7.98. The lowest BCUT2D eigenvalue weighted by Crippen LogP contribution is -2.28. The zero-order chi connectivity index (χ0) is 16.4. The van der Waals surface area contributed by atoms with Gasteiger partial charge in [-0.15, -0.1) is 11.8 Å². The molecule has 23 heavy (non-hydrogen) atoms. The average Bonchev–Trinajstić information content (AvgIpc) is 2.97. The fourth-order valence-electron chi connectivity index (χ4n) is 2.28. The van der Waals surface area contributed by atoms with Crippen molar-refractivity contribution in [2.45, 2.75) is 10.6 Å². The van der Waals surface area contributed by atoms with Gasteiger partial charge in [0, 0.05) is 17.3 Å². The van der Waals surface area contributed by atoms with Crippen LogP contribution in [0.1, 0.15) is 5.69 Å². The molecule has 0 atom stereocenters. The summed E-state index contributed by atoms with van der Waals surface area (Å²) in [5, 5.41) is 4.63. The zero-order valence-corrected chi connectivity index (χ0v) is 14.4. The molecule has 0 aliphatic heterocycles. The highest BCUT2D eigenvalue weighted by atomic mass is 32.2. The van der Waals surface area contributed by atoms with Crippen LogP contribution in [0, 0.1) is 0 Å². The Kier molecular flexibility index (Phi) is 4.32. The molecule has 0 radical (unpaired) electrons. The third-order valence-corrected chi connectivity index (χ3v) is 6.01. The summed E-state index contributed by atoms with van der Waals surface area (Å²) in [5.41, 5.74) is 1.64. The molecule has 1 heterocycles. The second-order valence-corrected chi connectivity index (χ2v) is 7.93. The molecule has 0 unspecified atom stereocenters. The van der Waals surface area contributed by atoms with E-state index < -0.39 is 10.0 Å². The number of anilines is 1. The Morgan fingerprint density at radius 1 is 1.17 bits per heavy atom. The maximum Gasteiger partial charge on any atom is 0.240 e. The van der Waals surface area contributed by atoms with E-state index >= 15 is 0 Å². The molecule has 0 fully saturated rings. The van der Waals surface area contributed by atoms with Gasteiger partial charge in [0.1, 0.15) is 11.4 Å². The fourth-order valence-corrected chi connectivity index (χ4v) is 3.91. The number of rotatable bonds is 5. The summed E-state index contributed by atoms with van der Waals surface area (Å²) < 4.78 is 31.8. The molecule has 0 spiro atoms. The highest BCUT2D eigenvalue weighted by Crippen LogP contribution is 2.26. The molecule has 0 aliphatic carbocycles. The predicted molar refractivity (Wildman–Crippen MR) is 93.3 cm³/mol. The zero-order valence-electron chi connectivity index (χ0n) is 12.8. The number of sulfonamides is 1. The molecular weight excluding hydrogens is 332 g/mol. The Morgan fingerprint density at radius 3 is 2.74 bits per heavy atom. The van der Waals surface area contributed by atoms with Crippen LogP contribution in [0.15, 0.2) is 57.9 Å². The lowest BCUT2D eigenvalue weighted by molar-refractivity contribution is 0.448. The topological polar surface area (TPSA) is 63.4 Å². The van der Waals surface area contributed by atoms with Crippen LogP contribution in [0.5, 0.6) is 0 Å². The summed E-state index contributed by atoms with van der Waals surface area (Å²) in [6, 6.07) is 14.7. The van der Waals surface area contributed by atoms with Crippen LogP contribution in [-0.2, 0) is 15.8 Å². The smallest absolute Gasteiger partial charge is 0.240 e. The maximum absolute atomic E-state index is 12.7. The van der Waals surface area contributed by atoms with Gasteiger partial charge in [-0.2, -0.15) is 0 Å². The number of fused-ring (bicyclic) bond motifs is 1. The van der Waals surface area contributed by atoms with Gasteiger partial charge in [0.15, 0.2) is 5.58 Å². The number of hydrogen-bond acceptors (Lipinski definition) is 5. The number of thioether (sulfide) groups is 1. The van der Waals surface area contributed by atoms with Gasteiger partial charge in [0.2, 0.25) is 10.0 Å². The van der Waals surface area contributed by atoms with Crippen molar-refractivity contribution in [3.8, 4) is 0 Å². The van der Waals surface area contributed by atoms with Crippen LogP contribution in [-0.4, -0.2) is 26.9 Å². The van der Waals surface area contributed by atoms with E-state index in [0.29, 0.717) is 17.0 Å². The van der Waals surface area contributed by atoms with E-state index in [4.69, 9.17) is 4.52 Å². The summed E-state index contributed by atoms with van der Waals surface area (Å²) in [6.45, 7) is 0. The van der Waals surface area contributed by atoms with Crippen LogP contribution >= 0.6 is 11.8 Å². The Morgan fingerprint density at radius 2 is 1.96 bits per heavy atom. The molecular formula is C16H16N2O3S2. The van der Waals surface area contributed by atoms with Crippen molar-refractivity contribution in [1.29, 1.82) is 0 Å². The average molecular weight is 348 g/mol. The van der Waals surface area contributed by atoms with Crippen LogP contribution in [0.4, 0.5) is 5.69 Å². The lowest BCUT2D eigenvalue weighted by Gasteiger charge is -2.19. The van der Waals surface area contributed by atoms with Crippen molar-refractivity contribution in [3.63, 3.8) is 0 Å². The molecule has 2 aromatic carbocycles. The third-order valence-electron chi connectivity index (χ3n) is 3.61. The van der Waals surface area contributed by atoms with Crippen LogP contribution in [0.2, 0.25) is 0 Å². The molecule has 0 amide bonds. The first-order chi connectivity index (χ1) is 11.0. The number of benzene rings is 2. The van der Waals surface area contributed by atoms with Crippen molar-refractivity contribution >= 4 is 38.4 Å². The molecule has 1 aromatic heterocycles.